The van der Waals surface area contributed by atoms with Crippen molar-refractivity contribution in [2.75, 3.05) is 0 Å². The highest BCUT2D eigenvalue weighted by Gasteiger charge is 2.37. The molecule has 1 saturated carbocycles. The first-order valence-corrected chi connectivity index (χ1v) is 9.21. The minimum absolute atomic E-state index is 0.256. The third-order valence-electron chi connectivity index (χ3n) is 5.15. The van der Waals surface area contributed by atoms with Crippen molar-refractivity contribution in [1.29, 1.82) is 5.26 Å². The van der Waals surface area contributed by atoms with E-state index >= 15 is 0 Å². The van der Waals surface area contributed by atoms with Crippen molar-refractivity contribution in [2.24, 2.45) is 10.8 Å². The Hall–Kier alpha value is -2.53. The Balaban J connectivity index is 2.19. The van der Waals surface area contributed by atoms with Gasteiger partial charge in [0.1, 0.15) is 5.75 Å². The van der Waals surface area contributed by atoms with Gasteiger partial charge < -0.3 is 5.11 Å². The van der Waals surface area contributed by atoms with Gasteiger partial charge >= 0.3 is 0 Å². The van der Waals surface area contributed by atoms with Gasteiger partial charge in [0, 0.05) is 0 Å². The molecule has 2 aromatic carbocycles. The van der Waals surface area contributed by atoms with E-state index in [-0.39, 0.29) is 16.6 Å². The van der Waals surface area contributed by atoms with Gasteiger partial charge in [-0.05, 0) is 71.1 Å². The van der Waals surface area contributed by atoms with Gasteiger partial charge in [-0.3, -0.25) is 0 Å². The Morgan fingerprint density at radius 1 is 0.846 bits per heavy atom. The number of hydrogen-bond donors (Lipinski definition) is 1. The molecule has 0 aliphatic heterocycles. The van der Waals surface area contributed by atoms with Crippen LogP contribution in [-0.2, 0) is 0 Å². The van der Waals surface area contributed by atoms with Gasteiger partial charge in [-0.15, -0.1) is 0 Å². The van der Waals surface area contributed by atoms with Crippen LogP contribution in [0.3, 0.4) is 0 Å². The molecule has 1 aliphatic carbocycles. The Bertz CT molecular complexity index is 844. The topological polar surface area (TPSA) is 44.0 Å². The van der Waals surface area contributed by atoms with Crippen molar-refractivity contribution in [2.45, 2.75) is 47.0 Å². The predicted molar refractivity (Wildman–Crippen MR) is 107 cm³/mol. The standard InChI is InChI=1S/C24H27NO/c1-23(2)13-20(14-24(3,4)16-23)22(19-9-11-21(26)12-10-19)18-7-5-17(15-25)6-8-18/h5-12,26H,13-14,16H2,1-4H3. The smallest absolute Gasteiger partial charge is 0.115 e. The van der Waals surface area contributed by atoms with Crippen molar-refractivity contribution < 1.29 is 5.11 Å². The van der Waals surface area contributed by atoms with Gasteiger partial charge in [-0.2, -0.15) is 5.26 Å². The van der Waals surface area contributed by atoms with E-state index in [4.69, 9.17) is 5.26 Å². The summed E-state index contributed by atoms with van der Waals surface area (Å²) in [7, 11) is 0. The lowest BCUT2D eigenvalue weighted by Gasteiger charge is -2.43. The molecule has 1 fully saturated rings. The van der Waals surface area contributed by atoms with Crippen LogP contribution < -0.4 is 0 Å². The van der Waals surface area contributed by atoms with E-state index in [0.717, 1.165) is 24.0 Å². The van der Waals surface area contributed by atoms with Crippen molar-refractivity contribution in [3.05, 3.63) is 70.8 Å². The minimum atomic E-state index is 0.256. The maximum absolute atomic E-state index is 9.70. The molecule has 0 unspecified atom stereocenters. The van der Waals surface area contributed by atoms with Gasteiger partial charge in [0.2, 0.25) is 0 Å². The molecule has 2 nitrogen and oxygen atoms in total. The molecule has 134 valence electrons. The number of rotatable bonds is 2. The highest BCUT2D eigenvalue weighted by atomic mass is 16.3. The number of benzene rings is 2. The molecule has 0 bridgehead atoms. The summed E-state index contributed by atoms with van der Waals surface area (Å²) in [5.74, 6) is 0.280. The Kier molecular flexibility index (Phi) is 4.67. The third-order valence-corrected chi connectivity index (χ3v) is 5.15. The fourth-order valence-electron chi connectivity index (χ4n) is 4.73. The summed E-state index contributed by atoms with van der Waals surface area (Å²) in [6, 6.07) is 17.5. The van der Waals surface area contributed by atoms with Crippen LogP contribution in [0.15, 0.2) is 54.1 Å². The zero-order valence-corrected chi connectivity index (χ0v) is 16.1. The zero-order chi connectivity index (χ0) is 18.9. The molecule has 26 heavy (non-hydrogen) atoms. The van der Waals surface area contributed by atoms with Crippen LogP contribution in [-0.4, -0.2) is 5.11 Å². The molecule has 0 saturated heterocycles. The maximum atomic E-state index is 9.70. The fourth-order valence-corrected chi connectivity index (χ4v) is 4.73. The number of hydrogen-bond acceptors (Lipinski definition) is 2. The van der Waals surface area contributed by atoms with Crippen LogP contribution in [0.1, 0.15) is 63.6 Å². The maximum Gasteiger partial charge on any atom is 0.115 e. The first-order valence-electron chi connectivity index (χ1n) is 9.21. The quantitative estimate of drug-likeness (QED) is 0.694. The molecule has 2 aromatic rings. The second-order valence-electron chi connectivity index (χ2n) is 9.07. The monoisotopic (exact) mass is 345 g/mol. The minimum Gasteiger partial charge on any atom is -0.508 e. The van der Waals surface area contributed by atoms with E-state index < -0.39 is 0 Å². The van der Waals surface area contributed by atoms with Crippen molar-refractivity contribution in [3.8, 4) is 11.8 Å². The lowest BCUT2D eigenvalue weighted by Crippen LogP contribution is -2.30. The van der Waals surface area contributed by atoms with Crippen LogP contribution in [0.25, 0.3) is 5.57 Å². The second-order valence-corrected chi connectivity index (χ2v) is 9.07. The summed E-state index contributed by atoms with van der Waals surface area (Å²) in [6.07, 6.45) is 3.33. The largest absolute Gasteiger partial charge is 0.508 e. The highest BCUT2D eigenvalue weighted by Crippen LogP contribution is 2.50. The van der Waals surface area contributed by atoms with Crippen LogP contribution >= 0.6 is 0 Å². The average molecular weight is 345 g/mol. The third kappa shape index (κ3) is 3.99. The lowest BCUT2D eigenvalue weighted by atomic mass is 9.62. The van der Waals surface area contributed by atoms with E-state index in [1.165, 1.54) is 17.6 Å². The highest BCUT2D eigenvalue weighted by molar-refractivity contribution is 5.82. The molecule has 0 atom stereocenters. The Morgan fingerprint density at radius 3 is 1.77 bits per heavy atom. The number of phenols is 1. The fraction of sp³-hybridized carbons (Fsp3) is 0.375. The molecular formula is C24H27NO. The van der Waals surface area contributed by atoms with Crippen LogP contribution in [0.5, 0.6) is 5.75 Å². The van der Waals surface area contributed by atoms with E-state index in [1.54, 1.807) is 12.1 Å². The summed E-state index contributed by atoms with van der Waals surface area (Å²) < 4.78 is 0. The first-order chi connectivity index (χ1) is 12.2. The molecule has 0 heterocycles. The van der Waals surface area contributed by atoms with Crippen LogP contribution in [0, 0.1) is 22.2 Å². The molecule has 0 aromatic heterocycles. The number of nitrogens with zero attached hydrogens (tertiary/aromatic N) is 1. The van der Waals surface area contributed by atoms with Gasteiger partial charge in [0.15, 0.2) is 0 Å². The average Bonchev–Trinajstić information content (AvgIpc) is 2.55. The molecule has 2 heteroatoms. The number of allylic oxidation sites excluding steroid dienone is 1. The molecule has 0 radical (unpaired) electrons. The van der Waals surface area contributed by atoms with Gasteiger partial charge in [-0.1, -0.05) is 57.5 Å². The van der Waals surface area contributed by atoms with E-state index in [9.17, 15) is 5.11 Å². The van der Waals surface area contributed by atoms with E-state index in [1.807, 2.05) is 36.4 Å². The van der Waals surface area contributed by atoms with Gasteiger partial charge in [0.25, 0.3) is 0 Å². The van der Waals surface area contributed by atoms with Crippen LogP contribution in [0.2, 0.25) is 0 Å². The van der Waals surface area contributed by atoms with E-state index in [0.29, 0.717) is 5.56 Å². The van der Waals surface area contributed by atoms with E-state index in [2.05, 4.69) is 33.8 Å². The molecule has 3 rings (SSSR count). The summed E-state index contributed by atoms with van der Waals surface area (Å²) in [4.78, 5) is 0. The molecule has 1 N–H and O–H groups in total. The second kappa shape index (κ2) is 6.65. The van der Waals surface area contributed by atoms with Crippen molar-refractivity contribution in [3.63, 3.8) is 0 Å². The molecule has 1 aliphatic rings. The summed E-state index contributed by atoms with van der Waals surface area (Å²) >= 11 is 0. The summed E-state index contributed by atoms with van der Waals surface area (Å²) in [5, 5.41) is 18.8. The SMILES string of the molecule is CC1(C)CC(=C(c2ccc(O)cc2)c2ccc(C#N)cc2)CC(C)(C)C1. The lowest BCUT2D eigenvalue weighted by molar-refractivity contribution is 0.154. The normalized spacial score (nSPS) is 18.2. The van der Waals surface area contributed by atoms with Crippen LogP contribution in [0.4, 0.5) is 0 Å². The Morgan fingerprint density at radius 2 is 1.31 bits per heavy atom. The summed E-state index contributed by atoms with van der Waals surface area (Å²) in [6.45, 7) is 9.39. The molecule has 0 amide bonds. The molecular weight excluding hydrogens is 318 g/mol. The molecule has 0 spiro atoms. The zero-order valence-electron chi connectivity index (χ0n) is 16.1. The predicted octanol–water partition coefficient (Wildman–Crippen LogP) is 6.30. The first kappa shape index (κ1) is 18.3. The Labute approximate surface area is 156 Å². The number of nitriles is 1. The van der Waals surface area contributed by atoms with Crippen molar-refractivity contribution >= 4 is 5.57 Å². The van der Waals surface area contributed by atoms with Gasteiger partial charge in [-0.25, -0.2) is 0 Å². The summed E-state index contributed by atoms with van der Waals surface area (Å²) in [5.41, 5.74) is 6.15. The number of aromatic hydroxyl groups is 1. The van der Waals surface area contributed by atoms with Crippen molar-refractivity contribution in [1.82, 2.24) is 0 Å². The van der Waals surface area contributed by atoms with Gasteiger partial charge in [0.05, 0.1) is 11.6 Å². The number of phenolic OH excluding ortho intramolecular Hbond substituents is 1.